The van der Waals surface area contributed by atoms with Crippen molar-refractivity contribution in [3.05, 3.63) is 33.9 Å². The Hall–Kier alpha value is -1.93. The number of aryl methyl sites for hydroxylation is 1. The fraction of sp³-hybridized carbons (Fsp3) is 0.529. The highest BCUT2D eigenvalue weighted by Gasteiger charge is 2.29. The molecule has 0 saturated carbocycles. The molecule has 0 spiro atoms. The molecule has 0 radical (unpaired) electrons. The highest BCUT2D eigenvalue weighted by molar-refractivity contribution is 8.14. The summed E-state index contributed by atoms with van der Waals surface area (Å²) in [5.74, 6) is 0.706. The molecule has 0 amide bonds. The molecule has 7 nitrogen and oxygen atoms in total. The van der Waals surface area contributed by atoms with Gasteiger partial charge in [-0.25, -0.2) is 4.99 Å². The Balaban J connectivity index is 0.000000970. The molecule has 138 valence electrons. The van der Waals surface area contributed by atoms with Crippen LogP contribution in [0.1, 0.15) is 25.3 Å². The maximum atomic E-state index is 11.2. The van der Waals surface area contributed by atoms with E-state index >= 15 is 0 Å². The lowest BCUT2D eigenvalue weighted by Crippen LogP contribution is -2.35. The summed E-state index contributed by atoms with van der Waals surface area (Å²) < 4.78 is 4.25. The number of nitro groups is 1. The number of unbranched alkanes of at least 4 members (excludes halogenated alkanes) is 1. The van der Waals surface area contributed by atoms with Gasteiger partial charge in [-0.15, -0.1) is 0 Å². The van der Waals surface area contributed by atoms with E-state index in [1.807, 2.05) is 4.90 Å². The molecule has 0 N–H and O–H groups in total. The maximum absolute atomic E-state index is 11.2. The van der Waals surface area contributed by atoms with Crippen molar-refractivity contribution >= 4 is 34.6 Å². The number of rotatable bonds is 6. The number of ether oxygens (including phenoxy) is 1. The number of methoxy groups -OCH3 is 1. The van der Waals surface area contributed by atoms with Gasteiger partial charge in [0.05, 0.1) is 16.7 Å². The summed E-state index contributed by atoms with van der Waals surface area (Å²) in [5, 5.41) is 11.6. The Morgan fingerprint density at radius 2 is 2.16 bits per heavy atom. The van der Waals surface area contributed by atoms with Crippen molar-refractivity contribution in [3.8, 4) is 0 Å². The molecule has 25 heavy (non-hydrogen) atoms. The normalized spacial score (nSPS) is 18.0. The minimum absolute atomic E-state index is 0.0640. The zero-order valence-corrected chi connectivity index (χ0v) is 15.9. The molecule has 1 heterocycles. The predicted molar refractivity (Wildman–Crippen MR) is 102 cm³/mol. The highest BCUT2D eigenvalue weighted by Crippen LogP contribution is 2.29. The van der Waals surface area contributed by atoms with Gasteiger partial charge in [0.1, 0.15) is 6.29 Å². The molecular weight excluding hydrogens is 342 g/mol. The van der Waals surface area contributed by atoms with Gasteiger partial charge in [0, 0.05) is 38.6 Å². The van der Waals surface area contributed by atoms with Crippen LogP contribution in [0.2, 0.25) is 0 Å². The summed E-state index contributed by atoms with van der Waals surface area (Å²) in [7, 11) is 3.25. The molecular formula is C17H25N3O4S. The number of aliphatic imine (C=N–C) groups is 1. The Bertz CT molecular complexity index is 622. The van der Waals surface area contributed by atoms with E-state index in [1.165, 1.54) is 12.1 Å². The predicted octanol–water partition coefficient (Wildman–Crippen LogP) is 3.57. The van der Waals surface area contributed by atoms with Crippen LogP contribution >= 0.6 is 11.8 Å². The van der Waals surface area contributed by atoms with Crippen LogP contribution in [-0.2, 0) is 9.53 Å². The summed E-state index contributed by atoms with van der Waals surface area (Å²) >= 11 is 1.56. The zero-order valence-electron chi connectivity index (χ0n) is 15.1. The van der Waals surface area contributed by atoms with Gasteiger partial charge in [-0.3, -0.25) is 10.1 Å². The summed E-state index contributed by atoms with van der Waals surface area (Å²) in [5.41, 5.74) is 1.53. The first-order valence-electron chi connectivity index (χ1n) is 8.07. The maximum Gasteiger partial charge on any atom is 0.269 e. The molecule has 0 aromatic heterocycles. The van der Waals surface area contributed by atoms with Gasteiger partial charge in [-0.05, 0) is 25.0 Å². The number of nitrogens with zero attached hydrogens (tertiary/aromatic N) is 3. The fourth-order valence-corrected chi connectivity index (χ4v) is 3.39. The summed E-state index contributed by atoms with van der Waals surface area (Å²) in [6, 6.07) is 4.51. The van der Waals surface area contributed by atoms with Gasteiger partial charge in [0.15, 0.2) is 5.17 Å². The number of hydrogen-bond donors (Lipinski definition) is 0. The number of amidine groups is 1. The van der Waals surface area contributed by atoms with Crippen LogP contribution in [0, 0.1) is 17.0 Å². The first-order chi connectivity index (χ1) is 12.0. The Morgan fingerprint density at radius 3 is 2.68 bits per heavy atom. The van der Waals surface area contributed by atoms with Crippen LogP contribution in [-0.4, -0.2) is 53.8 Å². The van der Waals surface area contributed by atoms with Gasteiger partial charge in [0.2, 0.25) is 0 Å². The van der Waals surface area contributed by atoms with Crippen molar-refractivity contribution in [3.63, 3.8) is 0 Å². The molecule has 1 aromatic carbocycles. The number of carbonyl (C=O) groups excluding carboxylic acids is 1. The molecule has 2 rings (SSSR count). The molecule has 1 unspecified atom stereocenters. The zero-order chi connectivity index (χ0) is 18.8. The van der Waals surface area contributed by atoms with Crippen molar-refractivity contribution in [1.29, 1.82) is 0 Å². The summed E-state index contributed by atoms with van der Waals surface area (Å²) in [4.78, 5) is 28.2. The minimum Gasteiger partial charge on any atom is -0.388 e. The van der Waals surface area contributed by atoms with E-state index in [4.69, 9.17) is 0 Å². The standard InChI is InChI=1S/C15H19N3O3S.C2H6O/c1-3-4-7-17-13(9-19)10-22-15(17)16-14-6-5-12(18(20)21)8-11(14)2;1-3-2/h5-6,8-9,13H,3-4,7,10H2,1-2H3;1-2H3. The van der Waals surface area contributed by atoms with Gasteiger partial charge in [-0.2, -0.15) is 0 Å². The number of nitro benzene ring substituents is 1. The van der Waals surface area contributed by atoms with Gasteiger partial charge in [0.25, 0.3) is 5.69 Å². The topological polar surface area (TPSA) is 85.0 Å². The molecule has 1 fully saturated rings. The highest BCUT2D eigenvalue weighted by atomic mass is 32.2. The molecule has 1 aliphatic rings. The van der Waals surface area contributed by atoms with Gasteiger partial charge in [-0.1, -0.05) is 25.1 Å². The third-order valence-electron chi connectivity index (χ3n) is 3.55. The fourth-order valence-electron chi connectivity index (χ4n) is 2.26. The van der Waals surface area contributed by atoms with Crippen molar-refractivity contribution in [1.82, 2.24) is 4.90 Å². The first kappa shape index (κ1) is 21.1. The lowest BCUT2D eigenvalue weighted by atomic mass is 10.2. The monoisotopic (exact) mass is 367 g/mol. The SMILES string of the molecule is CCCCN1C(=Nc2ccc([N+](=O)[O-])cc2C)SCC1C=O.COC. The first-order valence-corrected chi connectivity index (χ1v) is 9.05. The average molecular weight is 367 g/mol. The number of hydrogen-bond acceptors (Lipinski definition) is 6. The summed E-state index contributed by atoms with van der Waals surface area (Å²) in [6.45, 7) is 4.72. The molecule has 8 heteroatoms. The summed E-state index contributed by atoms with van der Waals surface area (Å²) in [6.07, 6.45) is 3.02. The largest absolute Gasteiger partial charge is 0.388 e. The molecule has 1 atom stereocenters. The minimum atomic E-state index is -0.412. The average Bonchev–Trinajstić information content (AvgIpc) is 2.97. The number of non-ortho nitro benzene ring substituents is 1. The number of carbonyl (C=O) groups is 1. The van der Waals surface area contributed by atoms with E-state index in [-0.39, 0.29) is 11.7 Å². The quantitative estimate of drug-likeness (QED) is 0.434. The third kappa shape index (κ3) is 6.13. The van der Waals surface area contributed by atoms with E-state index in [9.17, 15) is 14.9 Å². The molecule has 1 aromatic rings. The molecule has 1 aliphatic heterocycles. The van der Waals surface area contributed by atoms with Crippen LogP contribution in [0.5, 0.6) is 0 Å². The second kappa shape index (κ2) is 10.8. The number of aldehydes is 1. The number of thioether (sulfide) groups is 1. The van der Waals surface area contributed by atoms with E-state index < -0.39 is 4.92 Å². The second-order valence-corrected chi connectivity index (χ2v) is 6.58. The number of benzene rings is 1. The Labute approximate surface area is 152 Å². The van der Waals surface area contributed by atoms with Crippen molar-refractivity contribution in [2.45, 2.75) is 32.7 Å². The molecule has 0 bridgehead atoms. The van der Waals surface area contributed by atoms with Crippen LogP contribution in [0.4, 0.5) is 11.4 Å². The van der Waals surface area contributed by atoms with E-state index in [1.54, 1.807) is 39.0 Å². The van der Waals surface area contributed by atoms with Crippen LogP contribution in [0.3, 0.4) is 0 Å². The van der Waals surface area contributed by atoms with Gasteiger partial charge >= 0.3 is 0 Å². The van der Waals surface area contributed by atoms with Crippen LogP contribution in [0.15, 0.2) is 23.2 Å². The molecule has 1 saturated heterocycles. The van der Waals surface area contributed by atoms with Crippen molar-refractivity contribution in [2.75, 3.05) is 26.5 Å². The second-order valence-electron chi connectivity index (χ2n) is 5.59. The Morgan fingerprint density at radius 1 is 1.48 bits per heavy atom. The van der Waals surface area contributed by atoms with E-state index in [0.717, 1.165) is 36.4 Å². The smallest absolute Gasteiger partial charge is 0.269 e. The lowest BCUT2D eigenvalue weighted by Gasteiger charge is -2.22. The van der Waals surface area contributed by atoms with E-state index in [2.05, 4.69) is 16.7 Å². The van der Waals surface area contributed by atoms with Crippen molar-refractivity contribution in [2.24, 2.45) is 4.99 Å². The molecule has 0 aliphatic carbocycles. The van der Waals surface area contributed by atoms with Crippen LogP contribution < -0.4 is 0 Å². The van der Waals surface area contributed by atoms with E-state index in [0.29, 0.717) is 11.4 Å². The van der Waals surface area contributed by atoms with Gasteiger partial charge < -0.3 is 14.4 Å². The van der Waals surface area contributed by atoms with Crippen LogP contribution in [0.25, 0.3) is 0 Å². The lowest BCUT2D eigenvalue weighted by molar-refractivity contribution is -0.384. The van der Waals surface area contributed by atoms with Crippen molar-refractivity contribution < 1.29 is 14.5 Å². The Kier molecular flexibility index (Phi) is 9.15. The third-order valence-corrected chi connectivity index (χ3v) is 4.64.